The summed E-state index contributed by atoms with van der Waals surface area (Å²) < 4.78 is 12.6. The predicted octanol–water partition coefficient (Wildman–Crippen LogP) is 1.30. The average molecular weight is 190 g/mol. The van der Waals surface area contributed by atoms with E-state index in [0.29, 0.717) is 0 Å². The van der Waals surface area contributed by atoms with Gasteiger partial charge >= 0.3 is 0 Å². The van der Waals surface area contributed by atoms with Crippen molar-refractivity contribution in [2.45, 2.75) is 12.6 Å². The van der Waals surface area contributed by atoms with E-state index in [1.54, 1.807) is 0 Å². The van der Waals surface area contributed by atoms with Crippen molar-refractivity contribution in [1.29, 1.82) is 0 Å². The van der Waals surface area contributed by atoms with Gasteiger partial charge in [0.15, 0.2) is 0 Å². The van der Waals surface area contributed by atoms with Gasteiger partial charge in [-0.25, -0.2) is 4.39 Å². The molecule has 3 N–H and O–H groups in total. The third-order valence-corrected chi connectivity index (χ3v) is 1.72. The third-order valence-electron chi connectivity index (χ3n) is 1.43. The van der Waals surface area contributed by atoms with Gasteiger partial charge in [-0.2, -0.15) is 0 Å². The summed E-state index contributed by atoms with van der Waals surface area (Å²) >= 11 is 5.50. The van der Waals surface area contributed by atoms with Crippen LogP contribution in [-0.2, 0) is 6.42 Å². The zero-order valence-electron chi connectivity index (χ0n) is 6.30. The first kappa shape index (κ1) is 9.45. The molecule has 0 aliphatic rings. The van der Waals surface area contributed by atoms with Crippen LogP contribution in [0, 0.1) is 5.82 Å². The molecule has 1 atom stereocenters. The quantitative estimate of drug-likeness (QED) is 0.689. The summed E-state index contributed by atoms with van der Waals surface area (Å²) in [6.45, 7) is 0. The molecule has 0 fully saturated rings. The van der Waals surface area contributed by atoms with Crippen LogP contribution in [0.5, 0.6) is 0 Å². The summed E-state index contributed by atoms with van der Waals surface area (Å²) in [5, 5.41) is 8.86. The molecule has 2 nitrogen and oxygen atoms in total. The highest BCUT2D eigenvalue weighted by Crippen LogP contribution is 2.16. The van der Waals surface area contributed by atoms with Crippen molar-refractivity contribution in [2.24, 2.45) is 5.73 Å². The topological polar surface area (TPSA) is 46.2 Å². The number of aliphatic hydroxyl groups excluding tert-OH is 1. The van der Waals surface area contributed by atoms with E-state index in [9.17, 15) is 4.39 Å². The molecule has 0 heterocycles. The van der Waals surface area contributed by atoms with Gasteiger partial charge in [-0.3, -0.25) is 0 Å². The molecule has 0 spiro atoms. The Labute approximate surface area is 74.8 Å². The lowest BCUT2D eigenvalue weighted by Crippen LogP contribution is -2.21. The Morgan fingerprint density at radius 3 is 2.75 bits per heavy atom. The summed E-state index contributed by atoms with van der Waals surface area (Å²) in [4.78, 5) is 0. The maximum atomic E-state index is 12.6. The number of nitrogens with two attached hydrogens (primary N) is 1. The Morgan fingerprint density at radius 2 is 2.25 bits per heavy atom. The van der Waals surface area contributed by atoms with E-state index in [-0.39, 0.29) is 11.4 Å². The van der Waals surface area contributed by atoms with Crippen molar-refractivity contribution in [3.05, 3.63) is 34.6 Å². The van der Waals surface area contributed by atoms with E-state index in [2.05, 4.69) is 0 Å². The standard InChI is InChI=1S/C8H9ClFNO/c9-6-3-5(4-8(11)12)1-2-7(6)10/h1-3,8,12H,4,11H2/t8-/m0/s1. The van der Waals surface area contributed by atoms with E-state index in [4.69, 9.17) is 22.4 Å². The Balaban J connectivity index is 2.82. The van der Waals surface area contributed by atoms with E-state index in [1.165, 1.54) is 18.2 Å². The second-order valence-electron chi connectivity index (χ2n) is 2.52. The lowest BCUT2D eigenvalue weighted by Gasteiger charge is -2.04. The molecule has 66 valence electrons. The highest BCUT2D eigenvalue weighted by atomic mass is 35.5. The van der Waals surface area contributed by atoms with Crippen LogP contribution in [0.15, 0.2) is 18.2 Å². The number of hydrogen-bond acceptors (Lipinski definition) is 2. The molecular weight excluding hydrogens is 181 g/mol. The maximum Gasteiger partial charge on any atom is 0.141 e. The molecule has 4 heteroatoms. The highest BCUT2D eigenvalue weighted by molar-refractivity contribution is 6.30. The van der Waals surface area contributed by atoms with Crippen LogP contribution in [0.4, 0.5) is 4.39 Å². The molecule has 0 saturated carbocycles. The fourth-order valence-corrected chi connectivity index (χ4v) is 1.11. The van der Waals surface area contributed by atoms with Gasteiger partial charge in [0, 0.05) is 6.42 Å². The van der Waals surface area contributed by atoms with Crippen molar-refractivity contribution in [3.63, 3.8) is 0 Å². The number of halogens is 2. The van der Waals surface area contributed by atoms with Crippen molar-refractivity contribution in [3.8, 4) is 0 Å². The largest absolute Gasteiger partial charge is 0.378 e. The average Bonchev–Trinajstić information content (AvgIpc) is 1.96. The molecule has 0 aromatic heterocycles. The van der Waals surface area contributed by atoms with Crippen LogP contribution in [0.1, 0.15) is 5.56 Å². The van der Waals surface area contributed by atoms with Gasteiger partial charge in [0.05, 0.1) is 5.02 Å². The first-order valence-corrected chi connectivity index (χ1v) is 3.85. The van der Waals surface area contributed by atoms with E-state index in [1.807, 2.05) is 0 Å². The summed E-state index contributed by atoms with van der Waals surface area (Å²) in [5.74, 6) is -0.466. The summed E-state index contributed by atoms with van der Waals surface area (Å²) in [6.07, 6.45) is -0.647. The van der Waals surface area contributed by atoms with Crippen LogP contribution >= 0.6 is 11.6 Å². The Morgan fingerprint density at radius 1 is 1.58 bits per heavy atom. The molecule has 0 saturated heterocycles. The van der Waals surface area contributed by atoms with Crippen LogP contribution in [0.2, 0.25) is 5.02 Å². The lowest BCUT2D eigenvalue weighted by atomic mass is 10.1. The number of aliphatic hydroxyl groups is 1. The first-order chi connectivity index (χ1) is 5.59. The molecule has 0 amide bonds. The minimum atomic E-state index is -0.925. The second kappa shape index (κ2) is 3.85. The molecule has 0 radical (unpaired) electrons. The number of benzene rings is 1. The maximum absolute atomic E-state index is 12.6. The van der Waals surface area contributed by atoms with Gasteiger partial charge in [-0.15, -0.1) is 0 Å². The van der Waals surface area contributed by atoms with Gasteiger partial charge < -0.3 is 10.8 Å². The summed E-state index contributed by atoms with van der Waals surface area (Å²) in [6, 6.07) is 4.24. The van der Waals surface area contributed by atoms with Crippen LogP contribution in [-0.4, -0.2) is 11.3 Å². The molecule has 0 aliphatic heterocycles. The van der Waals surface area contributed by atoms with Crippen molar-refractivity contribution >= 4 is 11.6 Å². The molecule has 0 bridgehead atoms. The lowest BCUT2D eigenvalue weighted by molar-refractivity contribution is 0.183. The minimum absolute atomic E-state index is 0.0492. The second-order valence-corrected chi connectivity index (χ2v) is 2.93. The third kappa shape index (κ3) is 2.44. The first-order valence-electron chi connectivity index (χ1n) is 3.47. The molecular formula is C8H9ClFNO. The van der Waals surface area contributed by atoms with Gasteiger partial charge in [0.1, 0.15) is 12.0 Å². The monoisotopic (exact) mass is 189 g/mol. The number of hydrogen-bond donors (Lipinski definition) is 2. The predicted molar refractivity (Wildman–Crippen MR) is 45.3 cm³/mol. The smallest absolute Gasteiger partial charge is 0.141 e. The molecule has 1 aromatic carbocycles. The highest BCUT2D eigenvalue weighted by Gasteiger charge is 2.03. The van der Waals surface area contributed by atoms with Crippen LogP contribution in [0.25, 0.3) is 0 Å². The Hall–Kier alpha value is -0.640. The molecule has 0 unspecified atom stereocenters. The van der Waals surface area contributed by atoms with Gasteiger partial charge in [-0.1, -0.05) is 17.7 Å². The van der Waals surface area contributed by atoms with Gasteiger partial charge in [0.25, 0.3) is 0 Å². The summed E-state index contributed by atoms with van der Waals surface area (Å²) in [7, 11) is 0. The molecule has 0 aliphatic carbocycles. The van der Waals surface area contributed by atoms with Crippen molar-refractivity contribution in [2.75, 3.05) is 0 Å². The van der Waals surface area contributed by atoms with E-state index in [0.717, 1.165) is 5.56 Å². The van der Waals surface area contributed by atoms with E-state index < -0.39 is 12.0 Å². The van der Waals surface area contributed by atoms with Gasteiger partial charge in [0.2, 0.25) is 0 Å². The molecule has 12 heavy (non-hydrogen) atoms. The zero-order chi connectivity index (χ0) is 9.14. The van der Waals surface area contributed by atoms with Crippen molar-refractivity contribution in [1.82, 2.24) is 0 Å². The molecule has 1 rings (SSSR count). The fraction of sp³-hybridized carbons (Fsp3) is 0.250. The summed E-state index contributed by atoms with van der Waals surface area (Å²) in [5.41, 5.74) is 5.85. The van der Waals surface area contributed by atoms with Crippen LogP contribution < -0.4 is 5.73 Å². The Bertz CT molecular complexity index is 278. The zero-order valence-corrected chi connectivity index (χ0v) is 7.05. The normalized spacial score (nSPS) is 13.0. The minimum Gasteiger partial charge on any atom is -0.378 e. The SMILES string of the molecule is N[C@@H](O)Cc1ccc(F)c(Cl)c1. The Kier molecular flexibility index (Phi) is 3.03. The molecule has 1 aromatic rings. The fourth-order valence-electron chi connectivity index (χ4n) is 0.908. The van der Waals surface area contributed by atoms with Crippen molar-refractivity contribution < 1.29 is 9.50 Å². The number of rotatable bonds is 2. The van der Waals surface area contributed by atoms with Gasteiger partial charge in [-0.05, 0) is 17.7 Å². The van der Waals surface area contributed by atoms with E-state index >= 15 is 0 Å². The van der Waals surface area contributed by atoms with Crippen LogP contribution in [0.3, 0.4) is 0 Å².